The van der Waals surface area contributed by atoms with E-state index in [1.165, 1.54) is 29.5 Å². The molecule has 3 rings (SSSR count). The van der Waals surface area contributed by atoms with Gasteiger partial charge in [0.05, 0.1) is 5.69 Å². The molecule has 0 atom stereocenters. The van der Waals surface area contributed by atoms with Crippen LogP contribution in [0.3, 0.4) is 0 Å². The highest BCUT2D eigenvalue weighted by molar-refractivity contribution is 7.16. The van der Waals surface area contributed by atoms with Gasteiger partial charge in [0.25, 0.3) is 5.91 Å². The van der Waals surface area contributed by atoms with E-state index in [2.05, 4.69) is 10.3 Å². The van der Waals surface area contributed by atoms with Crippen LogP contribution in [0.4, 0.5) is 9.52 Å². The molecule has 116 valence electrons. The molecular weight excluding hydrogens is 335 g/mol. The Balaban J connectivity index is 1.83. The number of aryl methyl sites for hydroxylation is 1. The van der Waals surface area contributed by atoms with Gasteiger partial charge in [-0.05, 0) is 37.3 Å². The monoisotopic (exact) mass is 346 g/mol. The molecule has 1 N–H and O–H groups in total. The van der Waals surface area contributed by atoms with Crippen molar-refractivity contribution in [3.63, 3.8) is 0 Å². The molecule has 3 aromatic rings. The van der Waals surface area contributed by atoms with Gasteiger partial charge in [-0.3, -0.25) is 10.1 Å². The number of aromatic nitrogens is 1. The fraction of sp³-hybridized carbons (Fsp3) is 0.0588. The van der Waals surface area contributed by atoms with E-state index in [1.807, 2.05) is 19.1 Å². The Morgan fingerprint density at radius 2 is 1.96 bits per heavy atom. The lowest BCUT2D eigenvalue weighted by Gasteiger charge is -2.01. The molecule has 0 saturated heterocycles. The summed E-state index contributed by atoms with van der Waals surface area (Å²) in [5, 5.41) is 3.83. The number of carbonyl (C=O) groups excluding carboxylic acids is 1. The highest BCUT2D eigenvalue weighted by atomic mass is 35.5. The molecule has 1 amide bonds. The van der Waals surface area contributed by atoms with Gasteiger partial charge in [0.2, 0.25) is 0 Å². The first-order chi connectivity index (χ1) is 11.0. The number of nitrogens with one attached hydrogen (secondary N) is 1. The van der Waals surface area contributed by atoms with Crippen molar-refractivity contribution >= 4 is 34.0 Å². The predicted molar refractivity (Wildman–Crippen MR) is 91.7 cm³/mol. The number of amides is 1. The third kappa shape index (κ3) is 3.57. The molecule has 1 heterocycles. The maximum atomic E-state index is 13.2. The van der Waals surface area contributed by atoms with Crippen LogP contribution >= 0.6 is 22.9 Å². The van der Waals surface area contributed by atoms with Crippen LogP contribution in [0.25, 0.3) is 11.3 Å². The number of carbonyl (C=O) groups is 1. The average Bonchev–Trinajstić information content (AvgIpc) is 2.88. The largest absolute Gasteiger partial charge is 0.298 e. The summed E-state index contributed by atoms with van der Waals surface area (Å²) < 4.78 is 13.2. The van der Waals surface area contributed by atoms with Crippen LogP contribution in [0.5, 0.6) is 0 Å². The van der Waals surface area contributed by atoms with Crippen molar-refractivity contribution in [1.29, 1.82) is 0 Å². The molecule has 0 radical (unpaired) electrons. The lowest BCUT2D eigenvalue weighted by molar-refractivity contribution is 0.102. The molecule has 0 unspecified atom stereocenters. The van der Waals surface area contributed by atoms with E-state index in [4.69, 9.17) is 11.6 Å². The normalized spacial score (nSPS) is 10.6. The Hall–Kier alpha value is -2.24. The number of benzene rings is 2. The van der Waals surface area contributed by atoms with E-state index < -0.39 is 5.82 Å². The minimum atomic E-state index is -0.449. The minimum Gasteiger partial charge on any atom is -0.298 e. The molecule has 0 aliphatic carbocycles. The molecule has 0 aliphatic heterocycles. The summed E-state index contributed by atoms with van der Waals surface area (Å²) in [6.07, 6.45) is 0. The van der Waals surface area contributed by atoms with Crippen LogP contribution in [-0.2, 0) is 0 Å². The van der Waals surface area contributed by atoms with Gasteiger partial charge in [-0.15, -0.1) is 11.3 Å². The molecule has 6 heteroatoms. The Kier molecular flexibility index (Phi) is 4.41. The van der Waals surface area contributed by atoms with Crippen molar-refractivity contribution in [2.75, 3.05) is 5.32 Å². The lowest BCUT2D eigenvalue weighted by atomic mass is 10.1. The summed E-state index contributed by atoms with van der Waals surface area (Å²) in [6.45, 7) is 1.93. The second-order valence-corrected chi connectivity index (χ2v) is 6.53. The van der Waals surface area contributed by atoms with Crippen LogP contribution < -0.4 is 5.32 Å². The van der Waals surface area contributed by atoms with Crippen molar-refractivity contribution in [3.05, 3.63) is 69.8 Å². The van der Waals surface area contributed by atoms with Gasteiger partial charge < -0.3 is 0 Å². The van der Waals surface area contributed by atoms with E-state index >= 15 is 0 Å². The zero-order valence-electron chi connectivity index (χ0n) is 12.1. The zero-order chi connectivity index (χ0) is 16.4. The number of hydrogen-bond acceptors (Lipinski definition) is 3. The first kappa shape index (κ1) is 15.6. The molecule has 0 fully saturated rings. The summed E-state index contributed by atoms with van der Waals surface area (Å²) in [7, 11) is 0. The Bertz CT molecular complexity index is 861. The van der Waals surface area contributed by atoms with E-state index in [1.54, 1.807) is 18.2 Å². The van der Waals surface area contributed by atoms with Crippen molar-refractivity contribution in [3.8, 4) is 11.3 Å². The number of hydrogen-bond donors (Lipinski definition) is 1. The maximum absolute atomic E-state index is 13.2. The van der Waals surface area contributed by atoms with E-state index in [9.17, 15) is 9.18 Å². The lowest BCUT2D eigenvalue weighted by Crippen LogP contribution is -2.11. The van der Waals surface area contributed by atoms with E-state index in [0.717, 1.165) is 16.1 Å². The second kappa shape index (κ2) is 6.48. The van der Waals surface area contributed by atoms with Crippen molar-refractivity contribution in [2.24, 2.45) is 0 Å². The van der Waals surface area contributed by atoms with Gasteiger partial charge >= 0.3 is 0 Å². The van der Waals surface area contributed by atoms with Gasteiger partial charge in [-0.1, -0.05) is 29.8 Å². The SMILES string of the molecule is Cc1sc(NC(=O)c2cccc(F)c2)nc1-c1ccc(Cl)cc1. The molecule has 2 aromatic carbocycles. The number of anilines is 1. The van der Waals surface area contributed by atoms with Gasteiger partial charge in [0.1, 0.15) is 5.82 Å². The van der Waals surface area contributed by atoms with Gasteiger partial charge in [-0.25, -0.2) is 9.37 Å². The standard InChI is InChI=1S/C17H12ClFN2OS/c1-10-15(11-5-7-13(18)8-6-11)20-17(23-10)21-16(22)12-3-2-4-14(19)9-12/h2-9H,1H3,(H,20,21,22). The van der Waals surface area contributed by atoms with Crippen LogP contribution in [0.1, 0.15) is 15.2 Å². The third-order valence-corrected chi connectivity index (χ3v) is 4.36. The van der Waals surface area contributed by atoms with Crippen LogP contribution in [0.15, 0.2) is 48.5 Å². The van der Waals surface area contributed by atoms with Crippen LogP contribution in [0, 0.1) is 12.7 Å². The first-order valence-electron chi connectivity index (χ1n) is 6.83. The fourth-order valence-corrected chi connectivity index (χ4v) is 3.08. The van der Waals surface area contributed by atoms with Crippen molar-refractivity contribution in [1.82, 2.24) is 4.98 Å². The zero-order valence-corrected chi connectivity index (χ0v) is 13.7. The van der Waals surface area contributed by atoms with Crippen LogP contribution in [-0.4, -0.2) is 10.9 Å². The highest BCUT2D eigenvalue weighted by Gasteiger charge is 2.13. The highest BCUT2D eigenvalue weighted by Crippen LogP contribution is 2.31. The quantitative estimate of drug-likeness (QED) is 0.711. The third-order valence-electron chi connectivity index (χ3n) is 3.22. The Labute approximate surface area is 141 Å². The molecule has 0 saturated carbocycles. The first-order valence-corrected chi connectivity index (χ1v) is 8.02. The molecule has 0 spiro atoms. The van der Waals surface area contributed by atoms with E-state index in [0.29, 0.717) is 10.2 Å². The molecule has 23 heavy (non-hydrogen) atoms. The predicted octanol–water partition coefficient (Wildman–Crippen LogP) is 5.16. The molecule has 0 bridgehead atoms. The van der Waals surface area contributed by atoms with Crippen LogP contribution in [0.2, 0.25) is 5.02 Å². The summed E-state index contributed by atoms with van der Waals surface area (Å²) in [4.78, 5) is 17.6. The number of halogens is 2. The number of nitrogens with zero attached hydrogens (tertiary/aromatic N) is 1. The van der Waals surface area contributed by atoms with Gasteiger partial charge in [0, 0.05) is 21.0 Å². The maximum Gasteiger partial charge on any atom is 0.257 e. The topological polar surface area (TPSA) is 42.0 Å². The summed E-state index contributed by atoms with van der Waals surface area (Å²) >= 11 is 7.26. The van der Waals surface area contributed by atoms with Crippen molar-refractivity contribution in [2.45, 2.75) is 6.92 Å². The van der Waals surface area contributed by atoms with Gasteiger partial charge in [-0.2, -0.15) is 0 Å². The molecule has 3 nitrogen and oxygen atoms in total. The Morgan fingerprint density at radius 3 is 2.65 bits per heavy atom. The molecule has 0 aliphatic rings. The minimum absolute atomic E-state index is 0.255. The summed E-state index contributed by atoms with van der Waals surface area (Å²) in [5.74, 6) is -0.837. The second-order valence-electron chi connectivity index (χ2n) is 4.90. The summed E-state index contributed by atoms with van der Waals surface area (Å²) in [6, 6.07) is 12.9. The smallest absolute Gasteiger partial charge is 0.257 e. The van der Waals surface area contributed by atoms with Crippen molar-refractivity contribution < 1.29 is 9.18 Å². The summed E-state index contributed by atoms with van der Waals surface area (Å²) in [5.41, 5.74) is 1.97. The Morgan fingerprint density at radius 1 is 1.22 bits per heavy atom. The number of thiazole rings is 1. The average molecular weight is 347 g/mol. The number of rotatable bonds is 3. The van der Waals surface area contributed by atoms with E-state index in [-0.39, 0.29) is 11.5 Å². The molecule has 1 aromatic heterocycles. The van der Waals surface area contributed by atoms with Gasteiger partial charge in [0.15, 0.2) is 5.13 Å². The fourth-order valence-electron chi connectivity index (χ4n) is 2.12. The molecular formula is C17H12ClFN2OS.